The molecule has 1 aromatic heterocycles. The molecule has 1 unspecified atom stereocenters. The molecule has 0 saturated carbocycles. The molecule has 1 N–H and O–H groups in total. The molecule has 1 heterocycles. The highest BCUT2D eigenvalue weighted by Crippen LogP contribution is 2.17. The molecule has 140 valence electrons. The van der Waals surface area contributed by atoms with Crippen molar-refractivity contribution >= 4 is 5.91 Å². The quantitative estimate of drug-likeness (QED) is 0.730. The predicted octanol–water partition coefficient (Wildman–Crippen LogP) is 3.52. The van der Waals surface area contributed by atoms with Crippen molar-refractivity contribution in [3.63, 3.8) is 0 Å². The summed E-state index contributed by atoms with van der Waals surface area (Å²) in [7, 11) is 4.04. The monoisotopic (exact) mass is 362 g/mol. The summed E-state index contributed by atoms with van der Waals surface area (Å²) in [6.07, 6.45) is 0. The van der Waals surface area contributed by atoms with Crippen LogP contribution in [0.3, 0.4) is 0 Å². The van der Waals surface area contributed by atoms with E-state index >= 15 is 0 Å². The van der Waals surface area contributed by atoms with Gasteiger partial charge < -0.3 is 10.2 Å². The Morgan fingerprint density at radius 1 is 1.07 bits per heavy atom. The minimum absolute atomic E-state index is 0.0716. The molecule has 1 atom stereocenters. The Bertz CT molecular complexity index is 898. The molecule has 0 fully saturated rings. The Morgan fingerprint density at radius 3 is 2.30 bits per heavy atom. The van der Waals surface area contributed by atoms with Crippen molar-refractivity contribution in [2.24, 2.45) is 0 Å². The minimum Gasteiger partial charge on any atom is -0.350 e. The topological polar surface area (TPSA) is 50.2 Å². The number of carbonyl (C=O) groups is 1. The molecule has 0 saturated heterocycles. The summed E-state index contributed by atoms with van der Waals surface area (Å²) in [5, 5.41) is 7.53. The number of amides is 1. The number of carbonyl (C=O) groups excluding carboxylic acids is 1. The first-order valence-electron chi connectivity index (χ1n) is 9.09. The Morgan fingerprint density at radius 2 is 1.74 bits per heavy atom. The molecular formula is C22H26N4O. The van der Waals surface area contributed by atoms with Crippen molar-refractivity contribution in [3.05, 3.63) is 83.2 Å². The summed E-state index contributed by atoms with van der Waals surface area (Å²) >= 11 is 0. The van der Waals surface area contributed by atoms with Gasteiger partial charge in [-0.3, -0.25) is 4.79 Å². The fraction of sp³-hybridized carbons (Fsp3) is 0.273. The summed E-state index contributed by atoms with van der Waals surface area (Å²) in [6.45, 7) is 4.54. The van der Waals surface area contributed by atoms with Gasteiger partial charge in [-0.1, -0.05) is 30.3 Å². The van der Waals surface area contributed by atoms with Crippen LogP contribution in [0.5, 0.6) is 0 Å². The third kappa shape index (κ3) is 4.44. The molecule has 0 bridgehead atoms. The van der Waals surface area contributed by atoms with Crippen molar-refractivity contribution in [2.75, 3.05) is 20.6 Å². The largest absolute Gasteiger partial charge is 0.350 e. The van der Waals surface area contributed by atoms with E-state index in [4.69, 9.17) is 0 Å². The molecule has 0 radical (unpaired) electrons. The second-order valence-electron chi connectivity index (χ2n) is 6.99. The predicted molar refractivity (Wildman–Crippen MR) is 108 cm³/mol. The van der Waals surface area contributed by atoms with Crippen molar-refractivity contribution < 1.29 is 4.79 Å². The fourth-order valence-corrected chi connectivity index (χ4v) is 3.21. The van der Waals surface area contributed by atoms with Crippen LogP contribution in [0, 0.1) is 13.8 Å². The molecular weight excluding hydrogens is 336 g/mol. The van der Waals surface area contributed by atoms with Gasteiger partial charge in [0, 0.05) is 17.8 Å². The van der Waals surface area contributed by atoms with Gasteiger partial charge in [0.25, 0.3) is 5.91 Å². The molecule has 0 aliphatic rings. The minimum atomic E-state index is -0.0716. The van der Waals surface area contributed by atoms with Crippen LogP contribution in [-0.2, 0) is 0 Å². The van der Waals surface area contributed by atoms with E-state index in [1.807, 2.05) is 81.2 Å². The van der Waals surface area contributed by atoms with E-state index in [2.05, 4.69) is 27.4 Å². The Kier molecular flexibility index (Phi) is 5.72. The summed E-state index contributed by atoms with van der Waals surface area (Å²) in [6, 6.07) is 19.9. The van der Waals surface area contributed by atoms with E-state index in [0.29, 0.717) is 12.1 Å². The maximum Gasteiger partial charge on any atom is 0.251 e. The van der Waals surface area contributed by atoms with Crippen molar-refractivity contribution in [1.29, 1.82) is 0 Å². The molecule has 3 aromatic rings. The smallest absolute Gasteiger partial charge is 0.251 e. The van der Waals surface area contributed by atoms with Gasteiger partial charge in [-0.2, -0.15) is 5.10 Å². The first-order valence-corrected chi connectivity index (χ1v) is 9.09. The van der Waals surface area contributed by atoms with Gasteiger partial charge in [0.2, 0.25) is 0 Å². The van der Waals surface area contributed by atoms with Crippen molar-refractivity contribution in [1.82, 2.24) is 20.0 Å². The Balaban J connectivity index is 1.68. The average Bonchev–Trinajstić information content (AvgIpc) is 3.00. The number of nitrogens with zero attached hydrogens (tertiary/aromatic N) is 3. The summed E-state index contributed by atoms with van der Waals surface area (Å²) in [4.78, 5) is 14.7. The molecule has 5 nitrogen and oxygen atoms in total. The zero-order valence-corrected chi connectivity index (χ0v) is 16.3. The number of nitrogens with one attached hydrogen (secondary N) is 1. The third-order valence-corrected chi connectivity index (χ3v) is 4.65. The van der Waals surface area contributed by atoms with Crippen LogP contribution in [0.25, 0.3) is 5.69 Å². The van der Waals surface area contributed by atoms with Crippen LogP contribution in [0.4, 0.5) is 0 Å². The number of rotatable bonds is 6. The highest BCUT2D eigenvalue weighted by molar-refractivity contribution is 5.94. The third-order valence-electron chi connectivity index (χ3n) is 4.65. The molecule has 3 rings (SSSR count). The van der Waals surface area contributed by atoms with Gasteiger partial charge in [0.1, 0.15) is 0 Å². The zero-order chi connectivity index (χ0) is 19.4. The first kappa shape index (κ1) is 18.9. The lowest BCUT2D eigenvalue weighted by molar-refractivity contribution is 0.0942. The molecule has 1 amide bonds. The molecule has 0 spiro atoms. The molecule has 2 aromatic carbocycles. The summed E-state index contributed by atoms with van der Waals surface area (Å²) in [5.74, 6) is -0.0716. The van der Waals surface area contributed by atoms with Gasteiger partial charge in [-0.25, -0.2) is 4.68 Å². The number of aryl methyl sites for hydroxylation is 2. The van der Waals surface area contributed by atoms with Crippen molar-refractivity contribution in [2.45, 2.75) is 19.9 Å². The number of likely N-dealkylation sites (N-methyl/N-ethyl adjacent to an activating group) is 1. The van der Waals surface area contributed by atoms with Crippen LogP contribution in [0.1, 0.15) is 33.4 Å². The van der Waals surface area contributed by atoms with Gasteiger partial charge in [-0.15, -0.1) is 0 Å². The van der Waals surface area contributed by atoms with Gasteiger partial charge >= 0.3 is 0 Å². The standard InChI is InChI=1S/C22H26N4O/c1-16-14-17(2)26(24-16)20-12-10-19(11-13-20)22(27)23-15-21(25(3)4)18-8-6-5-7-9-18/h5-14,21H,15H2,1-4H3,(H,23,27). The van der Waals surface area contributed by atoms with Crippen LogP contribution in [0.15, 0.2) is 60.7 Å². The van der Waals surface area contributed by atoms with Crippen LogP contribution in [-0.4, -0.2) is 41.2 Å². The van der Waals surface area contributed by atoms with E-state index in [9.17, 15) is 4.79 Å². The lowest BCUT2D eigenvalue weighted by Gasteiger charge is -2.25. The Hall–Kier alpha value is -2.92. The number of hydrogen-bond donors (Lipinski definition) is 1. The highest BCUT2D eigenvalue weighted by Gasteiger charge is 2.15. The van der Waals surface area contributed by atoms with Gasteiger partial charge in [0.05, 0.1) is 17.4 Å². The van der Waals surface area contributed by atoms with Crippen molar-refractivity contribution in [3.8, 4) is 5.69 Å². The maximum absolute atomic E-state index is 12.6. The second kappa shape index (κ2) is 8.18. The first-order chi connectivity index (χ1) is 13.0. The number of hydrogen-bond acceptors (Lipinski definition) is 3. The van der Waals surface area contributed by atoms with Crippen LogP contribution < -0.4 is 5.32 Å². The molecule has 0 aliphatic heterocycles. The average molecular weight is 362 g/mol. The lowest BCUT2D eigenvalue weighted by atomic mass is 10.1. The van der Waals surface area contributed by atoms with Crippen LogP contribution in [0.2, 0.25) is 0 Å². The lowest BCUT2D eigenvalue weighted by Crippen LogP contribution is -2.34. The second-order valence-corrected chi connectivity index (χ2v) is 6.99. The summed E-state index contributed by atoms with van der Waals surface area (Å²) < 4.78 is 1.88. The molecule has 5 heteroatoms. The molecule has 0 aliphatic carbocycles. The van der Waals surface area contributed by atoms with E-state index in [1.165, 1.54) is 5.56 Å². The van der Waals surface area contributed by atoms with Crippen LogP contribution >= 0.6 is 0 Å². The van der Waals surface area contributed by atoms with Gasteiger partial charge in [0.15, 0.2) is 0 Å². The van der Waals surface area contributed by atoms with Gasteiger partial charge in [-0.05, 0) is 63.8 Å². The SMILES string of the molecule is Cc1cc(C)n(-c2ccc(C(=O)NCC(c3ccccc3)N(C)C)cc2)n1. The Labute approximate surface area is 160 Å². The highest BCUT2D eigenvalue weighted by atomic mass is 16.1. The van der Waals surface area contributed by atoms with E-state index < -0.39 is 0 Å². The molecule has 27 heavy (non-hydrogen) atoms. The van der Waals surface area contributed by atoms with E-state index in [-0.39, 0.29) is 11.9 Å². The zero-order valence-electron chi connectivity index (χ0n) is 16.3. The number of benzene rings is 2. The normalized spacial score (nSPS) is 12.2. The van der Waals surface area contributed by atoms with E-state index in [1.54, 1.807) is 0 Å². The maximum atomic E-state index is 12.6. The summed E-state index contributed by atoms with van der Waals surface area (Å²) in [5.41, 5.74) is 4.83. The fourth-order valence-electron chi connectivity index (χ4n) is 3.21. The van der Waals surface area contributed by atoms with E-state index in [0.717, 1.165) is 17.1 Å². The number of aromatic nitrogens is 2.